The average Bonchev–Trinajstić information content (AvgIpc) is 2.78. The molecule has 0 bridgehead atoms. The number of nitrogens with two attached hydrogens (primary N) is 1. The van der Waals surface area contributed by atoms with Gasteiger partial charge >= 0.3 is 0 Å². The Labute approximate surface area is 194 Å². The molecule has 1 spiro atoms. The summed E-state index contributed by atoms with van der Waals surface area (Å²) in [7, 11) is 0. The van der Waals surface area contributed by atoms with Crippen molar-refractivity contribution in [1.82, 2.24) is 4.98 Å². The van der Waals surface area contributed by atoms with Crippen LogP contribution < -0.4 is 15.2 Å². The Morgan fingerprint density at radius 1 is 1.15 bits per heavy atom. The highest BCUT2D eigenvalue weighted by atomic mass is 19.1. The summed E-state index contributed by atoms with van der Waals surface area (Å²) in [6.45, 7) is 2.68. The van der Waals surface area contributed by atoms with Crippen LogP contribution in [0.5, 0.6) is 17.2 Å². The first-order valence-corrected chi connectivity index (χ1v) is 10.7. The number of rotatable bonds is 4. The molecule has 0 amide bonds. The zero-order valence-electron chi connectivity index (χ0n) is 18.6. The number of nitrogens with zero attached hydrogens (tertiary/aromatic N) is 2. The van der Waals surface area contributed by atoms with Gasteiger partial charge in [-0.2, -0.15) is 4.39 Å². The molecule has 6 nitrogen and oxygen atoms in total. The van der Waals surface area contributed by atoms with Gasteiger partial charge < -0.3 is 19.9 Å². The molecule has 0 saturated carbocycles. The minimum Gasteiger partial charge on any atom is -0.490 e. The molecule has 0 fully saturated rings. The Bertz CT molecular complexity index is 1310. The fraction of sp³-hybridized carbons (Fsp3) is 0.280. The van der Waals surface area contributed by atoms with Crippen LogP contribution in [-0.4, -0.2) is 29.9 Å². The van der Waals surface area contributed by atoms with Gasteiger partial charge in [-0.05, 0) is 49.7 Å². The van der Waals surface area contributed by atoms with Crippen LogP contribution in [0.15, 0.2) is 53.7 Å². The summed E-state index contributed by atoms with van der Waals surface area (Å²) < 4.78 is 60.5. The van der Waals surface area contributed by atoms with E-state index in [-0.39, 0.29) is 30.7 Å². The lowest BCUT2D eigenvalue weighted by Crippen LogP contribution is -2.38. The normalized spacial score (nSPS) is 18.9. The van der Waals surface area contributed by atoms with Crippen LogP contribution in [0.25, 0.3) is 11.1 Å². The van der Waals surface area contributed by atoms with E-state index < -0.39 is 23.0 Å². The maximum Gasteiger partial charge on any atom is 0.283 e. The van der Waals surface area contributed by atoms with Gasteiger partial charge in [0.05, 0.1) is 6.61 Å². The molecule has 1 aromatic heterocycles. The first-order valence-electron chi connectivity index (χ1n) is 10.7. The second kappa shape index (κ2) is 7.93. The second-order valence-corrected chi connectivity index (χ2v) is 8.85. The van der Waals surface area contributed by atoms with Crippen LogP contribution in [0, 0.1) is 11.8 Å². The van der Waals surface area contributed by atoms with Crippen LogP contribution in [0.3, 0.4) is 0 Å². The van der Waals surface area contributed by atoms with Crippen molar-refractivity contribution in [3.63, 3.8) is 0 Å². The first kappa shape index (κ1) is 22.1. The molecule has 0 radical (unpaired) electrons. The smallest absolute Gasteiger partial charge is 0.283 e. The molecule has 1 atom stereocenters. The molecule has 0 saturated heterocycles. The largest absolute Gasteiger partial charge is 0.490 e. The topological polar surface area (TPSA) is 79.0 Å². The van der Waals surface area contributed by atoms with Gasteiger partial charge in [0.25, 0.3) is 6.02 Å². The highest BCUT2D eigenvalue weighted by Crippen LogP contribution is 2.54. The van der Waals surface area contributed by atoms with Gasteiger partial charge in [-0.15, -0.1) is 0 Å². The van der Waals surface area contributed by atoms with Crippen molar-refractivity contribution in [2.24, 2.45) is 10.7 Å². The number of aliphatic imine (C=N–C) groups is 1. The molecule has 0 aliphatic carbocycles. The van der Waals surface area contributed by atoms with E-state index in [0.717, 1.165) is 6.07 Å². The molecule has 5 rings (SSSR count). The van der Waals surface area contributed by atoms with Crippen molar-refractivity contribution in [1.29, 1.82) is 0 Å². The number of amidine groups is 1. The monoisotopic (exact) mass is 469 g/mol. The lowest BCUT2D eigenvalue weighted by Gasteiger charge is -2.39. The number of hydrogen-bond donors (Lipinski definition) is 1. The lowest BCUT2D eigenvalue weighted by atomic mass is 9.77. The molecule has 0 unspecified atom stereocenters. The molecule has 176 valence electrons. The summed E-state index contributed by atoms with van der Waals surface area (Å²) in [6.07, 6.45) is 1.68. The molecular weight excluding hydrogens is 447 g/mol. The summed E-state index contributed by atoms with van der Waals surface area (Å²) in [5.41, 5.74) is 4.94. The third-order valence-electron chi connectivity index (χ3n) is 5.77. The summed E-state index contributed by atoms with van der Waals surface area (Å²) in [6, 6.07) is 10.9. The van der Waals surface area contributed by atoms with E-state index in [0.29, 0.717) is 34.4 Å². The molecule has 2 aromatic carbocycles. The standard InChI is InChI=1S/C25H22F3N3O3/c1-24(2,28)13-33-15-11-18-21(19(26)12-15)34-20-6-5-14(16-4-3-8-30-22(16)27)10-17(20)25(18)7-9-32-23(29)31-25/h3-6,8,10-12H,7,9,13H2,1-2H3,(H2,29,31)/t25-/m0/s1. The van der Waals surface area contributed by atoms with Crippen LogP contribution in [-0.2, 0) is 10.3 Å². The number of halogens is 3. The number of aromatic nitrogens is 1. The van der Waals surface area contributed by atoms with E-state index in [1.165, 1.54) is 20.0 Å². The van der Waals surface area contributed by atoms with Crippen molar-refractivity contribution in [3.8, 4) is 28.4 Å². The quantitative estimate of drug-likeness (QED) is 0.529. The molecule has 2 aliphatic rings. The molecule has 9 heteroatoms. The lowest BCUT2D eigenvalue weighted by molar-refractivity contribution is 0.120. The van der Waals surface area contributed by atoms with Crippen molar-refractivity contribution in [2.75, 3.05) is 13.2 Å². The van der Waals surface area contributed by atoms with Crippen molar-refractivity contribution in [2.45, 2.75) is 31.5 Å². The second-order valence-electron chi connectivity index (χ2n) is 8.85. The fourth-order valence-corrected chi connectivity index (χ4v) is 4.25. The number of fused-ring (bicyclic) bond motifs is 4. The van der Waals surface area contributed by atoms with E-state index in [2.05, 4.69) is 9.98 Å². The summed E-state index contributed by atoms with van der Waals surface area (Å²) >= 11 is 0. The third kappa shape index (κ3) is 3.81. The molecule has 2 N–H and O–H groups in total. The number of alkyl halides is 1. The zero-order valence-corrected chi connectivity index (χ0v) is 18.6. The first-order chi connectivity index (χ1) is 16.2. The summed E-state index contributed by atoms with van der Waals surface area (Å²) in [5, 5.41) is 0. The predicted octanol–water partition coefficient (Wildman–Crippen LogP) is 5.24. The number of pyridine rings is 1. The van der Waals surface area contributed by atoms with Crippen LogP contribution in [0.4, 0.5) is 13.2 Å². The van der Waals surface area contributed by atoms with Crippen LogP contribution in [0.1, 0.15) is 31.4 Å². The Hall–Kier alpha value is -3.75. The Morgan fingerprint density at radius 2 is 1.97 bits per heavy atom. The average molecular weight is 469 g/mol. The maximum atomic E-state index is 15.2. The summed E-state index contributed by atoms with van der Waals surface area (Å²) in [4.78, 5) is 8.31. The summed E-state index contributed by atoms with van der Waals surface area (Å²) in [5.74, 6) is -0.853. The highest BCUT2D eigenvalue weighted by molar-refractivity contribution is 5.76. The van der Waals surface area contributed by atoms with Gasteiger partial charge in [0.1, 0.15) is 29.3 Å². The van der Waals surface area contributed by atoms with Gasteiger partial charge in [-0.1, -0.05) is 6.07 Å². The molecule has 3 heterocycles. The van der Waals surface area contributed by atoms with E-state index in [1.54, 1.807) is 36.4 Å². The Kier molecular flexibility index (Phi) is 5.15. The number of ether oxygens (including phenoxy) is 3. The van der Waals surface area contributed by atoms with Crippen molar-refractivity contribution >= 4 is 6.02 Å². The van der Waals surface area contributed by atoms with Gasteiger partial charge in [0.15, 0.2) is 11.6 Å². The molecular formula is C25H22F3N3O3. The predicted molar refractivity (Wildman–Crippen MR) is 120 cm³/mol. The Morgan fingerprint density at radius 3 is 2.71 bits per heavy atom. The fourth-order valence-electron chi connectivity index (χ4n) is 4.25. The van der Waals surface area contributed by atoms with Gasteiger partial charge in [-0.3, -0.25) is 0 Å². The van der Waals surface area contributed by atoms with E-state index in [4.69, 9.17) is 19.9 Å². The Balaban J connectivity index is 1.70. The SMILES string of the molecule is CC(C)(F)COc1cc(F)c2c(c1)[C@]1(CCOC(N)=N1)c1cc(-c3cccnc3F)ccc1O2. The van der Waals surface area contributed by atoms with Gasteiger partial charge in [0.2, 0.25) is 5.95 Å². The van der Waals surface area contributed by atoms with Gasteiger partial charge in [0, 0.05) is 35.4 Å². The minimum atomic E-state index is -1.61. The maximum absolute atomic E-state index is 15.2. The van der Waals surface area contributed by atoms with Crippen LogP contribution >= 0.6 is 0 Å². The van der Waals surface area contributed by atoms with E-state index >= 15 is 4.39 Å². The number of benzene rings is 2. The number of hydrogen-bond acceptors (Lipinski definition) is 6. The van der Waals surface area contributed by atoms with Gasteiger partial charge in [-0.25, -0.2) is 18.8 Å². The van der Waals surface area contributed by atoms with Crippen molar-refractivity contribution in [3.05, 3.63) is 71.6 Å². The minimum absolute atomic E-state index is 0.0295. The van der Waals surface area contributed by atoms with E-state index in [1.807, 2.05) is 0 Å². The van der Waals surface area contributed by atoms with E-state index in [9.17, 15) is 8.78 Å². The molecule has 3 aromatic rings. The van der Waals surface area contributed by atoms with Crippen molar-refractivity contribution < 1.29 is 27.4 Å². The molecule has 34 heavy (non-hydrogen) atoms. The van der Waals surface area contributed by atoms with Crippen LogP contribution in [0.2, 0.25) is 0 Å². The molecule has 2 aliphatic heterocycles. The zero-order chi connectivity index (χ0) is 24.1. The highest BCUT2D eigenvalue weighted by Gasteiger charge is 2.46. The third-order valence-corrected chi connectivity index (χ3v) is 5.77.